The van der Waals surface area contributed by atoms with Crippen LogP contribution in [0, 0.1) is 0 Å². The average molecular weight is 1050 g/mol. The zero-order valence-corrected chi connectivity index (χ0v) is 48.9. The number of allylic oxidation sites excluding steroid dienone is 3. The molecule has 0 aliphatic carbocycles. The van der Waals surface area contributed by atoms with Gasteiger partial charge >= 0.3 is 0 Å². The van der Waals surface area contributed by atoms with Crippen molar-refractivity contribution in [1.82, 2.24) is 5.32 Å². The Labute approximate surface area is 458 Å². The van der Waals surface area contributed by atoms with Crippen LogP contribution in [0.15, 0.2) is 24.3 Å². The number of hydrogen-bond acceptors (Lipinski definition) is 8. The van der Waals surface area contributed by atoms with Crippen LogP contribution in [0.2, 0.25) is 0 Å². The predicted octanol–water partition coefficient (Wildman–Crippen LogP) is 16.9. The first-order valence-electron chi connectivity index (χ1n) is 32.6. The number of nitrogens with one attached hydrogen (secondary N) is 1. The minimum absolute atomic E-state index is 0.179. The summed E-state index contributed by atoms with van der Waals surface area (Å²) in [7, 11) is 0. The van der Waals surface area contributed by atoms with Crippen molar-refractivity contribution in [3.8, 4) is 0 Å². The van der Waals surface area contributed by atoms with E-state index in [4.69, 9.17) is 9.47 Å². The zero-order valence-electron chi connectivity index (χ0n) is 48.9. The second-order valence-electron chi connectivity index (χ2n) is 22.9. The summed E-state index contributed by atoms with van der Waals surface area (Å²) in [6.07, 6.45) is 64.2. The molecule has 9 nitrogen and oxygen atoms in total. The Balaban J connectivity index is 2.14. The van der Waals surface area contributed by atoms with Crippen LogP contribution >= 0.6 is 0 Å². The van der Waals surface area contributed by atoms with E-state index in [0.29, 0.717) is 6.42 Å². The Bertz CT molecular complexity index is 1210. The molecule has 438 valence electrons. The van der Waals surface area contributed by atoms with Crippen LogP contribution in [-0.2, 0) is 14.3 Å². The van der Waals surface area contributed by atoms with E-state index in [1.165, 1.54) is 270 Å². The molecule has 1 aliphatic heterocycles. The van der Waals surface area contributed by atoms with Gasteiger partial charge in [0.2, 0.25) is 5.91 Å². The molecule has 7 unspecified atom stereocenters. The largest absolute Gasteiger partial charge is 0.394 e. The summed E-state index contributed by atoms with van der Waals surface area (Å²) in [5.74, 6) is -0.179. The van der Waals surface area contributed by atoms with Crippen LogP contribution < -0.4 is 5.32 Å². The number of ether oxygens (including phenoxy) is 2. The number of unbranched alkanes of at least 4 members (excludes halogenated alkanes) is 45. The molecule has 1 heterocycles. The lowest BCUT2D eigenvalue weighted by Crippen LogP contribution is -2.60. The summed E-state index contributed by atoms with van der Waals surface area (Å²) in [4.78, 5) is 13.1. The lowest BCUT2D eigenvalue weighted by atomic mass is 9.99. The molecule has 1 fully saturated rings. The van der Waals surface area contributed by atoms with Gasteiger partial charge in [0, 0.05) is 6.42 Å². The maximum absolute atomic E-state index is 13.1. The number of hydrogen-bond donors (Lipinski definition) is 6. The molecular weight excluding hydrogens is 923 g/mol. The topological polar surface area (TPSA) is 149 Å². The van der Waals surface area contributed by atoms with E-state index in [-0.39, 0.29) is 12.5 Å². The number of rotatable bonds is 57. The highest BCUT2D eigenvalue weighted by Gasteiger charge is 2.44. The Morgan fingerprint density at radius 3 is 1.14 bits per heavy atom. The summed E-state index contributed by atoms with van der Waals surface area (Å²) in [6, 6.07) is -0.819. The normalized spacial score (nSPS) is 19.0. The fourth-order valence-electron chi connectivity index (χ4n) is 10.6. The van der Waals surface area contributed by atoms with Gasteiger partial charge in [-0.1, -0.05) is 314 Å². The van der Waals surface area contributed by atoms with E-state index in [1.807, 2.05) is 6.08 Å². The first-order valence-corrected chi connectivity index (χ1v) is 32.6. The fourth-order valence-corrected chi connectivity index (χ4v) is 10.6. The molecule has 0 aromatic carbocycles. The van der Waals surface area contributed by atoms with Gasteiger partial charge < -0.3 is 40.3 Å². The van der Waals surface area contributed by atoms with Gasteiger partial charge in [-0.05, 0) is 32.1 Å². The lowest BCUT2D eigenvalue weighted by molar-refractivity contribution is -0.302. The van der Waals surface area contributed by atoms with Gasteiger partial charge in [-0.3, -0.25) is 4.79 Å². The second-order valence-corrected chi connectivity index (χ2v) is 22.9. The first-order chi connectivity index (χ1) is 36.3. The van der Waals surface area contributed by atoms with E-state index < -0.39 is 49.5 Å². The van der Waals surface area contributed by atoms with Crippen molar-refractivity contribution < 1.29 is 39.8 Å². The maximum Gasteiger partial charge on any atom is 0.220 e. The smallest absolute Gasteiger partial charge is 0.220 e. The van der Waals surface area contributed by atoms with Gasteiger partial charge in [0.15, 0.2) is 6.29 Å². The highest BCUT2D eigenvalue weighted by Crippen LogP contribution is 2.23. The van der Waals surface area contributed by atoms with Crippen LogP contribution in [0.4, 0.5) is 0 Å². The zero-order chi connectivity index (χ0) is 53.6. The number of carbonyl (C=O) groups excluding carboxylic acids is 1. The third-order valence-electron chi connectivity index (χ3n) is 15.8. The molecular formula is C65H125NO8. The minimum Gasteiger partial charge on any atom is -0.394 e. The van der Waals surface area contributed by atoms with Crippen molar-refractivity contribution in [2.24, 2.45) is 0 Å². The molecule has 0 radical (unpaired) electrons. The molecule has 74 heavy (non-hydrogen) atoms. The minimum atomic E-state index is -1.57. The van der Waals surface area contributed by atoms with Gasteiger partial charge in [0.1, 0.15) is 24.4 Å². The molecule has 1 aliphatic rings. The standard InChI is InChI=1S/C65H125NO8/c1-3-5-7-9-11-13-15-17-19-21-23-25-26-27-28-29-30-31-32-33-34-35-37-39-41-43-45-47-49-51-53-55-61(69)66-58(57-73-65-64(72)63(71)62(70)60(56-67)74-65)59(68)54-52-50-48-46-44-42-40-38-36-24-22-20-18-16-14-12-10-8-6-4-2/h44,46,52,54,58-60,62-65,67-68,70-72H,3-43,45,47-51,53,55-57H2,1-2H3,(H,66,69)/b46-44+,54-52+. The summed E-state index contributed by atoms with van der Waals surface area (Å²) in [5, 5.41) is 54.6. The quantitative estimate of drug-likeness (QED) is 0.0261. The summed E-state index contributed by atoms with van der Waals surface area (Å²) in [6.45, 7) is 3.81. The molecule has 6 N–H and O–H groups in total. The molecule has 0 aromatic rings. The van der Waals surface area contributed by atoms with Crippen molar-refractivity contribution in [1.29, 1.82) is 0 Å². The van der Waals surface area contributed by atoms with E-state index >= 15 is 0 Å². The molecule has 0 saturated carbocycles. The number of aliphatic hydroxyl groups excluding tert-OH is 5. The second kappa shape index (κ2) is 55.0. The van der Waals surface area contributed by atoms with Gasteiger partial charge in [-0.2, -0.15) is 0 Å². The van der Waals surface area contributed by atoms with Gasteiger partial charge in [-0.25, -0.2) is 0 Å². The summed E-state index contributed by atoms with van der Waals surface area (Å²) in [5.41, 5.74) is 0. The number of aliphatic hydroxyl groups is 5. The van der Waals surface area contributed by atoms with Gasteiger partial charge in [-0.15, -0.1) is 0 Å². The van der Waals surface area contributed by atoms with Crippen molar-refractivity contribution >= 4 is 5.91 Å². The Morgan fingerprint density at radius 2 is 0.770 bits per heavy atom. The Hall–Kier alpha value is -1.33. The highest BCUT2D eigenvalue weighted by molar-refractivity contribution is 5.76. The van der Waals surface area contributed by atoms with Crippen molar-refractivity contribution in [3.05, 3.63) is 24.3 Å². The number of amides is 1. The fraction of sp³-hybridized carbons (Fsp3) is 0.923. The summed E-state index contributed by atoms with van der Waals surface area (Å²) >= 11 is 0. The first kappa shape index (κ1) is 70.7. The van der Waals surface area contributed by atoms with E-state index in [1.54, 1.807) is 6.08 Å². The van der Waals surface area contributed by atoms with Crippen LogP contribution in [0.25, 0.3) is 0 Å². The molecule has 9 heteroatoms. The molecule has 0 bridgehead atoms. The third kappa shape index (κ3) is 43.6. The highest BCUT2D eigenvalue weighted by atomic mass is 16.7. The van der Waals surface area contributed by atoms with Crippen molar-refractivity contribution in [2.75, 3.05) is 13.2 Å². The Kier molecular flexibility index (Phi) is 52.5. The van der Waals surface area contributed by atoms with Crippen LogP contribution in [0.3, 0.4) is 0 Å². The van der Waals surface area contributed by atoms with Crippen LogP contribution in [0.5, 0.6) is 0 Å². The van der Waals surface area contributed by atoms with Crippen molar-refractivity contribution in [3.63, 3.8) is 0 Å². The van der Waals surface area contributed by atoms with Gasteiger partial charge in [0.05, 0.1) is 25.4 Å². The molecule has 1 saturated heterocycles. The summed E-state index contributed by atoms with van der Waals surface area (Å²) < 4.78 is 11.3. The molecule has 0 aromatic heterocycles. The number of carbonyl (C=O) groups is 1. The van der Waals surface area contributed by atoms with E-state index in [0.717, 1.165) is 38.5 Å². The molecule has 1 rings (SSSR count). The molecule has 7 atom stereocenters. The van der Waals surface area contributed by atoms with E-state index in [2.05, 4.69) is 31.3 Å². The van der Waals surface area contributed by atoms with Crippen LogP contribution in [0.1, 0.15) is 328 Å². The lowest BCUT2D eigenvalue weighted by Gasteiger charge is -2.40. The monoisotopic (exact) mass is 1050 g/mol. The Morgan fingerprint density at radius 1 is 0.446 bits per heavy atom. The van der Waals surface area contributed by atoms with Gasteiger partial charge in [0.25, 0.3) is 0 Å². The third-order valence-corrected chi connectivity index (χ3v) is 15.8. The molecule has 1 amide bonds. The van der Waals surface area contributed by atoms with E-state index in [9.17, 15) is 30.3 Å². The predicted molar refractivity (Wildman–Crippen MR) is 314 cm³/mol. The maximum atomic E-state index is 13.1. The molecule has 0 spiro atoms. The van der Waals surface area contributed by atoms with Crippen molar-refractivity contribution in [2.45, 2.75) is 371 Å². The average Bonchev–Trinajstić information content (AvgIpc) is 3.40. The SMILES string of the molecule is CCCCCCCCCCCCCCCC/C=C/CC/C=C/C(O)C(COC1OC(CO)C(O)C(O)C1O)NC(=O)CCCCCCCCCCCCCCCCCCCCCCCCCCCCCCCCC. The van der Waals surface area contributed by atoms with Crippen LogP contribution in [-0.4, -0.2) is 87.5 Å².